The number of nitrogens with zero attached hydrogens (tertiary/aromatic N) is 1. The molecule has 4 nitrogen and oxygen atoms in total. The van der Waals surface area contributed by atoms with E-state index in [4.69, 9.17) is 46.4 Å². The van der Waals surface area contributed by atoms with E-state index in [1.54, 1.807) is 35.2 Å². The van der Waals surface area contributed by atoms with Gasteiger partial charge in [-0.15, -0.1) is 11.8 Å². The van der Waals surface area contributed by atoms with Crippen molar-refractivity contribution in [2.45, 2.75) is 58.0 Å². The van der Waals surface area contributed by atoms with Crippen molar-refractivity contribution < 1.29 is 9.59 Å². The number of carbonyl (C=O) groups excluding carboxylic acids is 2. The predicted octanol–water partition coefficient (Wildman–Crippen LogP) is 7.26. The van der Waals surface area contributed by atoms with Crippen molar-refractivity contribution in [1.29, 1.82) is 0 Å². The number of rotatable bonds is 11. The Morgan fingerprint density at radius 2 is 1.64 bits per heavy atom. The molecule has 33 heavy (non-hydrogen) atoms. The Morgan fingerprint density at radius 3 is 2.21 bits per heavy atom. The number of halogens is 4. The van der Waals surface area contributed by atoms with E-state index in [9.17, 15) is 9.59 Å². The first-order valence-corrected chi connectivity index (χ1v) is 13.4. The quantitative estimate of drug-likeness (QED) is 0.321. The molecule has 9 heteroatoms. The molecule has 0 spiro atoms. The molecule has 0 saturated carbocycles. The second-order valence-electron chi connectivity index (χ2n) is 7.71. The summed E-state index contributed by atoms with van der Waals surface area (Å²) in [6.45, 7) is 6.09. The first kappa shape index (κ1) is 28.1. The molecule has 0 bridgehead atoms. The van der Waals surface area contributed by atoms with E-state index >= 15 is 0 Å². The highest BCUT2D eigenvalue weighted by molar-refractivity contribution is 7.99. The molecule has 2 aromatic rings. The smallest absolute Gasteiger partial charge is 0.243 e. The first-order chi connectivity index (χ1) is 15.7. The van der Waals surface area contributed by atoms with E-state index < -0.39 is 6.04 Å². The number of thioether (sulfide) groups is 1. The van der Waals surface area contributed by atoms with Crippen LogP contribution in [0, 0.1) is 0 Å². The van der Waals surface area contributed by atoms with Crippen molar-refractivity contribution in [3.8, 4) is 0 Å². The van der Waals surface area contributed by atoms with Gasteiger partial charge in [-0.05, 0) is 55.2 Å². The van der Waals surface area contributed by atoms with Crippen LogP contribution in [-0.2, 0) is 21.9 Å². The molecule has 2 aromatic carbocycles. The molecule has 0 heterocycles. The Kier molecular flexibility index (Phi) is 11.7. The molecule has 180 valence electrons. The zero-order chi connectivity index (χ0) is 24.5. The van der Waals surface area contributed by atoms with Gasteiger partial charge < -0.3 is 10.2 Å². The highest BCUT2D eigenvalue weighted by Crippen LogP contribution is 2.29. The number of hydrogen-bond donors (Lipinski definition) is 1. The molecule has 0 radical (unpaired) electrons. The van der Waals surface area contributed by atoms with Gasteiger partial charge in [0, 0.05) is 28.4 Å². The van der Waals surface area contributed by atoms with Gasteiger partial charge in [0.1, 0.15) is 6.04 Å². The van der Waals surface area contributed by atoms with Gasteiger partial charge in [-0.1, -0.05) is 72.4 Å². The Morgan fingerprint density at radius 1 is 0.970 bits per heavy atom. The Hall–Kier alpha value is -1.11. The van der Waals surface area contributed by atoms with Crippen LogP contribution < -0.4 is 5.32 Å². The van der Waals surface area contributed by atoms with Crippen LogP contribution in [0.1, 0.15) is 44.7 Å². The fourth-order valence-electron chi connectivity index (χ4n) is 3.19. The van der Waals surface area contributed by atoms with Crippen LogP contribution in [0.5, 0.6) is 0 Å². The average Bonchev–Trinajstić information content (AvgIpc) is 2.77. The second kappa shape index (κ2) is 13.7. The molecule has 2 amide bonds. The number of nitrogens with one attached hydrogen (secondary N) is 1. The first-order valence-electron chi connectivity index (χ1n) is 10.7. The van der Waals surface area contributed by atoms with Gasteiger partial charge in [0.2, 0.25) is 11.8 Å². The van der Waals surface area contributed by atoms with Gasteiger partial charge in [0.15, 0.2) is 0 Å². The number of amides is 2. The maximum atomic E-state index is 13.3. The van der Waals surface area contributed by atoms with Crippen molar-refractivity contribution >= 4 is 70.0 Å². The second-order valence-corrected chi connectivity index (χ2v) is 10.3. The van der Waals surface area contributed by atoms with E-state index in [1.165, 1.54) is 11.8 Å². The van der Waals surface area contributed by atoms with Gasteiger partial charge in [-0.25, -0.2) is 0 Å². The van der Waals surface area contributed by atoms with Crippen LogP contribution in [0.15, 0.2) is 36.4 Å². The number of carbonyl (C=O) groups is 2. The van der Waals surface area contributed by atoms with E-state index in [1.807, 2.05) is 26.8 Å². The summed E-state index contributed by atoms with van der Waals surface area (Å²) in [5.41, 5.74) is 1.59. The van der Waals surface area contributed by atoms with Gasteiger partial charge in [-0.2, -0.15) is 0 Å². The van der Waals surface area contributed by atoms with E-state index in [-0.39, 0.29) is 30.2 Å². The van der Waals surface area contributed by atoms with Crippen molar-refractivity contribution in [3.63, 3.8) is 0 Å². The normalized spacial score (nSPS) is 12.8. The lowest BCUT2D eigenvalue weighted by molar-refractivity contribution is -0.139. The van der Waals surface area contributed by atoms with E-state index in [0.717, 1.165) is 17.5 Å². The minimum Gasteiger partial charge on any atom is -0.352 e. The Balaban J connectivity index is 2.21. The predicted molar refractivity (Wildman–Crippen MR) is 142 cm³/mol. The molecular formula is C24H28Cl4N2O2S. The fraction of sp³-hybridized carbons (Fsp3) is 0.417. The lowest BCUT2D eigenvalue weighted by Crippen LogP contribution is -2.51. The SMILES string of the molecule is CCC(C)NC(=O)C(CC)N(Cc1ccc(Cl)c(Cl)c1)C(=O)CSCc1c(Cl)cccc1Cl. The molecule has 0 aliphatic carbocycles. The molecule has 0 aliphatic heterocycles. The van der Waals surface area contributed by atoms with E-state index in [2.05, 4.69) is 5.32 Å². The van der Waals surface area contributed by atoms with E-state index in [0.29, 0.717) is 32.3 Å². The maximum Gasteiger partial charge on any atom is 0.243 e. The standard InChI is InChI=1S/C24H28Cl4N2O2S/c1-4-15(3)29-24(32)22(5-2)30(12-16-9-10-20(27)21(28)11-16)23(31)14-33-13-17-18(25)7-6-8-19(17)26/h6-11,15,22H,4-5,12-14H2,1-3H3,(H,29,32). The zero-order valence-corrected chi connectivity index (χ0v) is 22.7. The summed E-state index contributed by atoms with van der Waals surface area (Å²) in [5, 5.41) is 4.97. The summed E-state index contributed by atoms with van der Waals surface area (Å²) in [7, 11) is 0. The summed E-state index contributed by atoms with van der Waals surface area (Å²) in [6, 6.07) is 9.96. The largest absolute Gasteiger partial charge is 0.352 e. The molecule has 1 N–H and O–H groups in total. The van der Waals surface area contributed by atoms with Crippen LogP contribution >= 0.6 is 58.2 Å². The molecule has 2 unspecified atom stereocenters. The van der Waals surface area contributed by atoms with Crippen molar-refractivity contribution in [3.05, 3.63) is 67.6 Å². The van der Waals surface area contributed by atoms with Gasteiger partial charge >= 0.3 is 0 Å². The van der Waals surface area contributed by atoms with Crippen molar-refractivity contribution in [2.24, 2.45) is 0 Å². The Bertz CT molecular complexity index is 953. The summed E-state index contributed by atoms with van der Waals surface area (Å²) in [6.07, 6.45) is 1.29. The molecule has 0 fully saturated rings. The molecule has 2 atom stereocenters. The summed E-state index contributed by atoms with van der Waals surface area (Å²) < 4.78 is 0. The highest BCUT2D eigenvalue weighted by atomic mass is 35.5. The lowest BCUT2D eigenvalue weighted by atomic mass is 10.1. The van der Waals surface area contributed by atoms with Crippen molar-refractivity contribution in [2.75, 3.05) is 5.75 Å². The minimum atomic E-state index is -0.606. The van der Waals surface area contributed by atoms with Crippen LogP contribution in [0.4, 0.5) is 0 Å². The van der Waals surface area contributed by atoms with Crippen LogP contribution in [0.25, 0.3) is 0 Å². The van der Waals surface area contributed by atoms with Crippen LogP contribution in [0.2, 0.25) is 20.1 Å². The highest BCUT2D eigenvalue weighted by Gasteiger charge is 2.29. The molecule has 2 rings (SSSR count). The van der Waals surface area contributed by atoms with Crippen LogP contribution in [-0.4, -0.2) is 34.6 Å². The summed E-state index contributed by atoms with van der Waals surface area (Å²) in [5.74, 6) is 0.344. The van der Waals surface area contributed by atoms with Crippen LogP contribution in [0.3, 0.4) is 0 Å². The third-order valence-electron chi connectivity index (χ3n) is 5.26. The number of benzene rings is 2. The third-order valence-corrected chi connectivity index (χ3v) is 7.65. The third kappa shape index (κ3) is 8.25. The minimum absolute atomic E-state index is 0.0187. The monoisotopic (exact) mass is 548 g/mol. The summed E-state index contributed by atoms with van der Waals surface area (Å²) in [4.78, 5) is 27.9. The topological polar surface area (TPSA) is 49.4 Å². The summed E-state index contributed by atoms with van der Waals surface area (Å²) >= 11 is 26.1. The fourth-order valence-corrected chi connectivity index (χ4v) is 5.16. The van der Waals surface area contributed by atoms with Gasteiger partial charge in [0.25, 0.3) is 0 Å². The lowest BCUT2D eigenvalue weighted by Gasteiger charge is -2.31. The Labute approximate surface area is 220 Å². The molecular weight excluding hydrogens is 522 g/mol. The average molecular weight is 550 g/mol. The van der Waals surface area contributed by atoms with Gasteiger partial charge in [-0.3, -0.25) is 9.59 Å². The molecule has 0 aromatic heterocycles. The molecule has 0 aliphatic rings. The maximum absolute atomic E-state index is 13.3. The zero-order valence-electron chi connectivity index (χ0n) is 18.8. The van der Waals surface area contributed by atoms with Gasteiger partial charge in [0.05, 0.1) is 15.8 Å². The number of hydrogen-bond acceptors (Lipinski definition) is 3. The molecule has 0 saturated heterocycles. The van der Waals surface area contributed by atoms with Crippen molar-refractivity contribution in [1.82, 2.24) is 10.2 Å².